The van der Waals surface area contributed by atoms with Gasteiger partial charge < -0.3 is 9.52 Å². The Morgan fingerprint density at radius 3 is 2.88 bits per heavy atom. The summed E-state index contributed by atoms with van der Waals surface area (Å²) in [5, 5.41) is 11.4. The van der Waals surface area contributed by atoms with Crippen LogP contribution in [0, 0.1) is 0 Å². The van der Waals surface area contributed by atoms with E-state index in [0.29, 0.717) is 38.3 Å². The maximum atomic E-state index is 13.2. The number of nitrogens with zero attached hydrogens (tertiary/aromatic N) is 2. The average Bonchev–Trinajstić information content (AvgIpc) is 3.15. The SMILES string of the molecule is CCCc1nc2sc3c(O)cccc3c2c(=O)n1Cc1ccc(Br)o1. The Hall–Kier alpha value is -2.12. The minimum absolute atomic E-state index is 0.0992. The fraction of sp³-hybridized carbons (Fsp3) is 0.222. The van der Waals surface area contributed by atoms with E-state index in [-0.39, 0.29) is 11.3 Å². The van der Waals surface area contributed by atoms with Gasteiger partial charge in [0.15, 0.2) is 4.67 Å². The predicted molar refractivity (Wildman–Crippen MR) is 103 cm³/mol. The highest BCUT2D eigenvalue weighted by Crippen LogP contribution is 2.36. The lowest BCUT2D eigenvalue weighted by Gasteiger charge is -2.10. The van der Waals surface area contributed by atoms with Crippen molar-refractivity contribution in [2.24, 2.45) is 0 Å². The molecule has 128 valence electrons. The van der Waals surface area contributed by atoms with Crippen molar-refractivity contribution in [2.45, 2.75) is 26.3 Å². The summed E-state index contributed by atoms with van der Waals surface area (Å²) in [6.45, 7) is 2.39. The van der Waals surface area contributed by atoms with Crippen molar-refractivity contribution in [3.05, 3.63) is 56.9 Å². The van der Waals surface area contributed by atoms with Gasteiger partial charge >= 0.3 is 0 Å². The average molecular weight is 419 g/mol. The monoisotopic (exact) mass is 418 g/mol. The molecule has 25 heavy (non-hydrogen) atoms. The van der Waals surface area contributed by atoms with Gasteiger partial charge in [-0.3, -0.25) is 9.36 Å². The molecule has 0 aliphatic heterocycles. The summed E-state index contributed by atoms with van der Waals surface area (Å²) in [5.74, 6) is 1.60. The number of furan rings is 1. The fourth-order valence-corrected chi connectivity index (χ4v) is 4.41. The molecule has 3 heterocycles. The van der Waals surface area contributed by atoms with Gasteiger partial charge in [0.2, 0.25) is 0 Å². The van der Waals surface area contributed by atoms with Crippen LogP contribution in [0.2, 0.25) is 0 Å². The summed E-state index contributed by atoms with van der Waals surface area (Å²) < 4.78 is 8.57. The van der Waals surface area contributed by atoms with E-state index in [1.807, 2.05) is 18.2 Å². The molecule has 0 atom stereocenters. The second kappa shape index (κ2) is 6.31. The molecule has 0 amide bonds. The first kappa shape index (κ1) is 16.4. The number of fused-ring (bicyclic) bond motifs is 3. The third-order valence-electron chi connectivity index (χ3n) is 4.09. The molecular formula is C18H15BrN2O3S. The standard InChI is InChI=1S/C18H15BrN2O3S/c1-2-4-14-20-17-15(11-5-3-6-12(22)16(11)25-17)18(23)21(14)9-10-7-8-13(19)24-10/h3,5-8,22H,2,4,9H2,1H3. The molecule has 3 aromatic heterocycles. The van der Waals surface area contributed by atoms with Crippen LogP contribution in [0.15, 0.2) is 44.2 Å². The van der Waals surface area contributed by atoms with Gasteiger partial charge in [-0.1, -0.05) is 19.1 Å². The van der Waals surface area contributed by atoms with E-state index < -0.39 is 0 Å². The summed E-state index contributed by atoms with van der Waals surface area (Å²) in [4.78, 5) is 18.6. The second-order valence-electron chi connectivity index (χ2n) is 5.81. The van der Waals surface area contributed by atoms with Crippen LogP contribution in [0.3, 0.4) is 0 Å². The highest BCUT2D eigenvalue weighted by Gasteiger charge is 2.18. The first-order chi connectivity index (χ1) is 12.1. The summed E-state index contributed by atoms with van der Waals surface area (Å²) >= 11 is 4.65. The Morgan fingerprint density at radius 1 is 1.32 bits per heavy atom. The number of hydrogen-bond donors (Lipinski definition) is 1. The van der Waals surface area contributed by atoms with Crippen molar-refractivity contribution in [2.75, 3.05) is 0 Å². The first-order valence-corrected chi connectivity index (χ1v) is 9.57. The highest BCUT2D eigenvalue weighted by atomic mass is 79.9. The molecule has 0 radical (unpaired) electrons. The van der Waals surface area contributed by atoms with E-state index in [1.165, 1.54) is 11.3 Å². The molecule has 5 nitrogen and oxygen atoms in total. The molecule has 4 aromatic rings. The predicted octanol–water partition coefficient (Wildman–Crippen LogP) is 4.67. The molecular weight excluding hydrogens is 404 g/mol. The molecule has 0 unspecified atom stereocenters. The third kappa shape index (κ3) is 2.77. The van der Waals surface area contributed by atoms with Crippen molar-refractivity contribution in [1.82, 2.24) is 9.55 Å². The van der Waals surface area contributed by atoms with Crippen molar-refractivity contribution < 1.29 is 9.52 Å². The molecule has 0 aliphatic carbocycles. The Morgan fingerprint density at radius 2 is 2.16 bits per heavy atom. The molecule has 0 fully saturated rings. The number of phenolic OH excluding ortho intramolecular Hbond substituents is 1. The van der Waals surface area contributed by atoms with Gasteiger partial charge in [-0.2, -0.15) is 0 Å². The summed E-state index contributed by atoms with van der Waals surface area (Å²) in [5.41, 5.74) is -0.0992. The van der Waals surface area contributed by atoms with E-state index in [0.717, 1.165) is 17.6 Å². The van der Waals surface area contributed by atoms with Crippen LogP contribution in [0.25, 0.3) is 20.3 Å². The first-order valence-electron chi connectivity index (χ1n) is 7.96. The minimum atomic E-state index is -0.0992. The van der Waals surface area contributed by atoms with Crippen LogP contribution in [-0.4, -0.2) is 14.7 Å². The normalized spacial score (nSPS) is 11.6. The van der Waals surface area contributed by atoms with Gasteiger partial charge in [0.25, 0.3) is 5.56 Å². The van der Waals surface area contributed by atoms with Gasteiger partial charge in [-0.15, -0.1) is 11.3 Å². The lowest BCUT2D eigenvalue weighted by atomic mass is 10.2. The van der Waals surface area contributed by atoms with E-state index in [9.17, 15) is 9.90 Å². The lowest BCUT2D eigenvalue weighted by molar-refractivity contribution is 0.464. The number of phenols is 1. The molecule has 1 N–H and O–H groups in total. The van der Waals surface area contributed by atoms with Crippen LogP contribution in [0.4, 0.5) is 0 Å². The molecule has 0 saturated carbocycles. The summed E-state index contributed by atoms with van der Waals surface area (Å²) in [6, 6.07) is 8.88. The Kier molecular flexibility index (Phi) is 4.13. The third-order valence-corrected chi connectivity index (χ3v) is 5.64. The zero-order valence-corrected chi connectivity index (χ0v) is 15.9. The van der Waals surface area contributed by atoms with Gasteiger partial charge in [0, 0.05) is 11.8 Å². The number of aromatic hydroxyl groups is 1. The Labute approximate surface area is 155 Å². The zero-order chi connectivity index (χ0) is 17.6. The number of benzene rings is 1. The van der Waals surface area contributed by atoms with Gasteiger partial charge in [-0.25, -0.2) is 4.98 Å². The molecule has 0 bridgehead atoms. The van der Waals surface area contributed by atoms with E-state index in [4.69, 9.17) is 9.40 Å². The van der Waals surface area contributed by atoms with Crippen molar-refractivity contribution in [3.63, 3.8) is 0 Å². The molecule has 1 aromatic carbocycles. The molecule has 0 spiro atoms. The lowest BCUT2D eigenvalue weighted by Crippen LogP contribution is -2.25. The summed E-state index contributed by atoms with van der Waals surface area (Å²) in [7, 11) is 0. The Balaban J connectivity index is 2.00. The fourth-order valence-electron chi connectivity index (χ4n) is 2.98. The van der Waals surface area contributed by atoms with Crippen LogP contribution >= 0.6 is 27.3 Å². The molecule has 7 heteroatoms. The number of rotatable bonds is 4. The molecule has 4 rings (SSSR count). The maximum absolute atomic E-state index is 13.2. The second-order valence-corrected chi connectivity index (χ2v) is 7.59. The van der Waals surface area contributed by atoms with E-state index in [2.05, 4.69) is 22.9 Å². The molecule has 0 aliphatic rings. The van der Waals surface area contributed by atoms with Crippen LogP contribution in [0.5, 0.6) is 5.75 Å². The van der Waals surface area contributed by atoms with Gasteiger partial charge in [-0.05, 0) is 40.5 Å². The number of halogens is 1. The Bertz CT molecular complexity index is 1140. The summed E-state index contributed by atoms with van der Waals surface area (Å²) in [6.07, 6.45) is 1.59. The van der Waals surface area contributed by atoms with Crippen molar-refractivity contribution in [1.29, 1.82) is 0 Å². The largest absolute Gasteiger partial charge is 0.506 e. The van der Waals surface area contributed by atoms with Crippen molar-refractivity contribution in [3.8, 4) is 5.75 Å². The number of thiophene rings is 1. The molecule has 0 saturated heterocycles. The van der Waals surface area contributed by atoms with Gasteiger partial charge in [0.1, 0.15) is 22.2 Å². The van der Waals surface area contributed by atoms with E-state index in [1.54, 1.807) is 16.7 Å². The number of aryl methyl sites for hydroxylation is 1. The van der Waals surface area contributed by atoms with Crippen molar-refractivity contribution >= 4 is 47.6 Å². The van der Waals surface area contributed by atoms with Crippen LogP contribution in [0.1, 0.15) is 24.9 Å². The zero-order valence-electron chi connectivity index (χ0n) is 13.5. The maximum Gasteiger partial charge on any atom is 0.263 e. The quantitative estimate of drug-likeness (QED) is 0.522. The number of hydrogen-bond acceptors (Lipinski definition) is 5. The smallest absolute Gasteiger partial charge is 0.263 e. The topological polar surface area (TPSA) is 68.3 Å². The number of aromatic nitrogens is 2. The minimum Gasteiger partial charge on any atom is -0.506 e. The highest BCUT2D eigenvalue weighted by molar-refractivity contribution is 9.10. The van der Waals surface area contributed by atoms with Gasteiger partial charge in [0.05, 0.1) is 16.6 Å². The van der Waals surface area contributed by atoms with Crippen LogP contribution in [-0.2, 0) is 13.0 Å². The van der Waals surface area contributed by atoms with Crippen LogP contribution < -0.4 is 5.56 Å². The van der Waals surface area contributed by atoms with E-state index >= 15 is 0 Å².